The molecule has 0 heterocycles. The zero-order chi connectivity index (χ0) is 12.1. The SMILES string of the molecule is CC(C1CC1)N(CCCO)Cc1ccccc1. The molecule has 1 atom stereocenters. The van der Waals surface area contributed by atoms with Crippen LogP contribution >= 0.6 is 0 Å². The molecule has 1 N–H and O–H groups in total. The predicted molar refractivity (Wildman–Crippen MR) is 70.7 cm³/mol. The van der Waals surface area contributed by atoms with Gasteiger partial charge in [-0.2, -0.15) is 0 Å². The van der Waals surface area contributed by atoms with Gasteiger partial charge in [-0.25, -0.2) is 0 Å². The summed E-state index contributed by atoms with van der Waals surface area (Å²) < 4.78 is 0. The van der Waals surface area contributed by atoms with Gasteiger partial charge in [0.1, 0.15) is 0 Å². The average molecular weight is 233 g/mol. The van der Waals surface area contributed by atoms with Crippen molar-refractivity contribution >= 4 is 0 Å². The van der Waals surface area contributed by atoms with Crippen molar-refractivity contribution in [2.45, 2.75) is 38.8 Å². The zero-order valence-electron chi connectivity index (χ0n) is 10.7. The van der Waals surface area contributed by atoms with Crippen LogP contribution in [0.4, 0.5) is 0 Å². The third-order valence-electron chi connectivity index (χ3n) is 3.71. The third-order valence-corrected chi connectivity index (χ3v) is 3.71. The van der Waals surface area contributed by atoms with Crippen molar-refractivity contribution in [1.29, 1.82) is 0 Å². The highest BCUT2D eigenvalue weighted by Gasteiger charge is 2.31. The Bertz CT molecular complexity index is 321. The van der Waals surface area contributed by atoms with E-state index < -0.39 is 0 Å². The van der Waals surface area contributed by atoms with Crippen LogP contribution in [0.25, 0.3) is 0 Å². The van der Waals surface area contributed by atoms with Gasteiger partial charge in [-0.1, -0.05) is 30.3 Å². The van der Waals surface area contributed by atoms with Crippen molar-refractivity contribution in [1.82, 2.24) is 4.90 Å². The lowest BCUT2D eigenvalue weighted by molar-refractivity contribution is 0.161. The normalized spacial score (nSPS) is 17.4. The molecule has 1 aliphatic carbocycles. The highest BCUT2D eigenvalue weighted by Crippen LogP contribution is 2.35. The molecule has 2 heteroatoms. The van der Waals surface area contributed by atoms with E-state index in [1.54, 1.807) is 0 Å². The first-order valence-corrected chi connectivity index (χ1v) is 6.70. The van der Waals surface area contributed by atoms with Gasteiger partial charge in [-0.15, -0.1) is 0 Å². The largest absolute Gasteiger partial charge is 0.396 e. The Morgan fingerprint density at radius 2 is 2.00 bits per heavy atom. The molecule has 2 nitrogen and oxygen atoms in total. The van der Waals surface area contributed by atoms with E-state index in [1.807, 2.05) is 0 Å². The second-order valence-electron chi connectivity index (χ2n) is 5.11. The molecule has 0 spiro atoms. The molecular formula is C15H23NO. The maximum absolute atomic E-state index is 8.99. The second kappa shape index (κ2) is 6.18. The van der Waals surface area contributed by atoms with Crippen molar-refractivity contribution in [2.75, 3.05) is 13.2 Å². The number of hydrogen-bond acceptors (Lipinski definition) is 2. The molecule has 0 bridgehead atoms. The van der Waals surface area contributed by atoms with Gasteiger partial charge in [-0.05, 0) is 37.7 Å². The van der Waals surface area contributed by atoms with Crippen LogP contribution in [-0.4, -0.2) is 29.2 Å². The van der Waals surface area contributed by atoms with Gasteiger partial charge < -0.3 is 5.11 Å². The van der Waals surface area contributed by atoms with Gasteiger partial charge in [0.2, 0.25) is 0 Å². The first kappa shape index (κ1) is 12.6. The summed E-state index contributed by atoms with van der Waals surface area (Å²) in [6.45, 7) is 4.64. The van der Waals surface area contributed by atoms with E-state index in [0.29, 0.717) is 12.6 Å². The summed E-state index contributed by atoms with van der Waals surface area (Å²) in [4.78, 5) is 2.52. The lowest BCUT2D eigenvalue weighted by Crippen LogP contribution is -2.35. The van der Waals surface area contributed by atoms with E-state index in [-0.39, 0.29) is 0 Å². The molecule has 1 aliphatic rings. The molecule has 1 aromatic carbocycles. The fourth-order valence-electron chi connectivity index (χ4n) is 2.40. The molecule has 2 rings (SSSR count). The molecule has 0 aliphatic heterocycles. The van der Waals surface area contributed by atoms with E-state index in [9.17, 15) is 0 Å². The molecule has 0 aromatic heterocycles. The van der Waals surface area contributed by atoms with E-state index in [4.69, 9.17) is 5.11 Å². The highest BCUT2D eigenvalue weighted by molar-refractivity contribution is 5.14. The monoisotopic (exact) mass is 233 g/mol. The Kier molecular flexibility index (Phi) is 4.57. The standard InChI is InChI=1S/C15H23NO/c1-13(15-8-9-15)16(10-5-11-17)12-14-6-3-2-4-7-14/h2-4,6-7,13,15,17H,5,8-12H2,1H3. The van der Waals surface area contributed by atoms with E-state index in [2.05, 4.69) is 42.2 Å². The number of aliphatic hydroxyl groups is 1. The van der Waals surface area contributed by atoms with Crippen LogP contribution in [0.5, 0.6) is 0 Å². The first-order chi connectivity index (χ1) is 8.31. The fraction of sp³-hybridized carbons (Fsp3) is 0.600. The smallest absolute Gasteiger partial charge is 0.0443 e. The van der Waals surface area contributed by atoms with Crippen molar-refractivity contribution in [2.24, 2.45) is 5.92 Å². The maximum atomic E-state index is 8.99. The molecule has 0 radical (unpaired) electrons. The van der Waals surface area contributed by atoms with E-state index in [0.717, 1.165) is 25.4 Å². The predicted octanol–water partition coefficient (Wildman–Crippen LogP) is 2.67. The number of hydrogen-bond donors (Lipinski definition) is 1. The quantitative estimate of drug-likeness (QED) is 0.782. The Morgan fingerprint density at radius 3 is 2.59 bits per heavy atom. The van der Waals surface area contributed by atoms with Gasteiger partial charge in [0.05, 0.1) is 0 Å². The molecule has 17 heavy (non-hydrogen) atoms. The minimum Gasteiger partial charge on any atom is -0.396 e. The molecule has 1 unspecified atom stereocenters. The summed E-state index contributed by atoms with van der Waals surface area (Å²) in [7, 11) is 0. The zero-order valence-corrected chi connectivity index (χ0v) is 10.7. The fourth-order valence-corrected chi connectivity index (χ4v) is 2.40. The molecular weight excluding hydrogens is 210 g/mol. The van der Waals surface area contributed by atoms with Crippen LogP contribution in [0.1, 0.15) is 31.7 Å². The van der Waals surface area contributed by atoms with Crippen LogP contribution in [0.3, 0.4) is 0 Å². The average Bonchev–Trinajstić information content (AvgIpc) is 3.19. The topological polar surface area (TPSA) is 23.5 Å². The van der Waals surface area contributed by atoms with Gasteiger partial charge in [0.15, 0.2) is 0 Å². The summed E-state index contributed by atoms with van der Waals surface area (Å²) in [6.07, 6.45) is 3.64. The molecule has 1 saturated carbocycles. The van der Waals surface area contributed by atoms with Crippen LogP contribution < -0.4 is 0 Å². The molecule has 0 saturated heterocycles. The van der Waals surface area contributed by atoms with Crippen LogP contribution in [0, 0.1) is 5.92 Å². The van der Waals surface area contributed by atoms with E-state index >= 15 is 0 Å². The first-order valence-electron chi connectivity index (χ1n) is 6.70. The van der Waals surface area contributed by atoms with Crippen LogP contribution in [-0.2, 0) is 6.54 Å². The lowest BCUT2D eigenvalue weighted by Gasteiger charge is -2.29. The molecule has 1 aromatic rings. The lowest BCUT2D eigenvalue weighted by atomic mass is 10.1. The molecule has 0 amide bonds. The minimum absolute atomic E-state index is 0.294. The number of benzene rings is 1. The maximum Gasteiger partial charge on any atom is 0.0443 e. The Hall–Kier alpha value is -0.860. The van der Waals surface area contributed by atoms with Gasteiger partial charge in [-0.3, -0.25) is 4.90 Å². The number of rotatable bonds is 7. The molecule has 1 fully saturated rings. The third kappa shape index (κ3) is 3.83. The Morgan fingerprint density at radius 1 is 1.29 bits per heavy atom. The minimum atomic E-state index is 0.294. The number of nitrogens with zero attached hydrogens (tertiary/aromatic N) is 1. The Balaban J connectivity index is 1.94. The Labute approximate surface area is 104 Å². The summed E-state index contributed by atoms with van der Waals surface area (Å²) in [5, 5.41) is 8.99. The van der Waals surface area contributed by atoms with Gasteiger partial charge >= 0.3 is 0 Å². The summed E-state index contributed by atoms with van der Waals surface area (Å²) in [5.74, 6) is 0.886. The van der Waals surface area contributed by atoms with Gasteiger partial charge in [0.25, 0.3) is 0 Å². The van der Waals surface area contributed by atoms with Crippen molar-refractivity contribution in [3.63, 3.8) is 0 Å². The van der Waals surface area contributed by atoms with Gasteiger partial charge in [0, 0.05) is 25.7 Å². The highest BCUT2D eigenvalue weighted by atomic mass is 16.3. The molecule has 94 valence electrons. The van der Waals surface area contributed by atoms with Crippen molar-refractivity contribution in [3.05, 3.63) is 35.9 Å². The second-order valence-corrected chi connectivity index (χ2v) is 5.11. The van der Waals surface area contributed by atoms with E-state index in [1.165, 1.54) is 18.4 Å². The summed E-state index contributed by atoms with van der Waals surface area (Å²) >= 11 is 0. The van der Waals surface area contributed by atoms with Crippen LogP contribution in [0.15, 0.2) is 30.3 Å². The van der Waals surface area contributed by atoms with Crippen molar-refractivity contribution < 1.29 is 5.11 Å². The number of aliphatic hydroxyl groups excluding tert-OH is 1. The summed E-state index contributed by atoms with van der Waals surface area (Å²) in [5.41, 5.74) is 1.37. The van der Waals surface area contributed by atoms with Crippen molar-refractivity contribution in [3.8, 4) is 0 Å². The summed E-state index contributed by atoms with van der Waals surface area (Å²) in [6, 6.07) is 11.3. The van der Waals surface area contributed by atoms with Crippen LogP contribution in [0.2, 0.25) is 0 Å².